The molecule has 0 saturated heterocycles. The fraction of sp³-hybridized carbons (Fsp3) is 0.300. The van der Waals surface area contributed by atoms with Crippen molar-refractivity contribution in [1.29, 1.82) is 0 Å². The van der Waals surface area contributed by atoms with Gasteiger partial charge in [0.2, 0.25) is 5.91 Å². The van der Waals surface area contributed by atoms with E-state index in [4.69, 9.17) is 9.47 Å². The zero-order valence-electron chi connectivity index (χ0n) is 16.1. The van der Waals surface area contributed by atoms with Gasteiger partial charge in [0.05, 0.1) is 14.2 Å². The summed E-state index contributed by atoms with van der Waals surface area (Å²) in [6.07, 6.45) is 1.95. The van der Waals surface area contributed by atoms with Crippen LogP contribution in [0.5, 0.6) is 11.5 Å². The number of methoxy groups -OCH3 is 2. The number of ether oxygens (including phenoxy) is 2. The van der Waals surface area contributed by atoms with E-state index in [1.807, 2.05) is 48.5 Å². The number of hydrogen-bond donors (Lipinski definition) is 0. The molecule has 1 amide bonds. The van der Waals surface area contributed by atoms with Gasteiger partial charge in [-0.15, -0.1) is 5.10 Å². The Kier molecular flexibility index (Phi) is 6.21. The van der Waals surface area contributed by atoms with Crippen molar-refractivity contribution in [3.8, 4) is 11.5 Å². The SMILES string of the molecule is COc1cccc(CN(C)C(=O)C(Cc2ccccc2)n2cnnn2)c1OC. The lowest BCUT2D eigenvalue weighted by atomic mass is 10.0. The first-order valence-corrected chi connectivity index (χ1v) is 8.85. The van der Waals surface area contributed by atoms with Gasteiger partial charge in [0, 0.05) is 25.6 Å². The minimum absolute atomic E-state index is 0.0963. The molecule has 3 aromatic rings. The fourth-order valence-electron chi connectivity index (χ4n) is 3.11. The van der Waals surface area contributed by atoms with Crippen molar-refractivity contribution in [1.82, 2.24) is 25.1 Å². The van der Waals surface area contributed by atoms with Crippen LogP contribution < -0.4 is 9.47 Å². The normalized spacial score (nSPS) is 11.7. The molecule has 0 fully saturated rings. The summed E-state index contributed by atoms with van der Waals surface area (Å²) >= 11 is 0. The van der Waals surface area contributed by atoms with Gasteiger partial charge in [0.15, 0.2) is 11.5 Å². The standard InChI is InChI=1S/C20H23N5O3/c1-24(13-16-10-7-11-18(27-2)19(16)28-3)20(26)17(25-14-21-22-23-25)12-15-8-5-4-6-9-15/h4-11,14,17H,12-13H2,1-3H3. The molecule has 1 aromatic heterocycles. The summed E-state index contributed by atoms with van der Waals surface area (Å²) in [6, 6.07) is 14.9. The Morgan fingerprint density at radius 1 is 1.11 bits per heavy atom. The number of amides is 1. The van der Waals surface area contributed by atoms with Crippen molar-refractivity contribution in [2.75, 3.05) is 21.3 Å². The number of para-hydroxylation sites is 1. The van der Waals surface area contributed by atoms with Gasteiger partial charge in [-0.05, 0) is 22.1 Å². The first-order chi connectivity index (χ1) is 13.6. The molecule has 3 rings (SSSR count). The second kappa shape index (κ2) is 8.98. The van der Waals surface area contributed by atoms with Gasteiger partial charge in [0.25, 0.3) is 0 Å². The van der Waals surface area contributed by atoms with Crippen molar-refractivity contribution < 1.29 is 14.3 Å². The molecule has 1 unspecified atom stereocenters. The van der Waals surface area contributed by atoms with E-state index in [0.717, 1.165) is 11.1 Å². The summed E-state index contributed by atoms with van der Waals surface area (Å²) in [7, 11) is 4.93. The van der Waals surface area contributed by atoms with Gasteiger partial charge >= 0.3 is 0 Å². The lowest BCUT2D eigenvalue weighted by molar-refractivity contribution is -0.134. The Bertz CT molecular complexity index is 899. The molecule has 0 aliphatic rings. The summed E-state index contributed by atoms with van der Waals surface area (Å²) in [5.74, 6) is 1.15. The van der Waals surface area contributed by atoms with Crippen LogP contribution in [0.25, 0.3) is 0 Å². The summed E-state index contributed by atoms with van der Waals surface area (Å²) in [6.45, 7) is 0.368. The largest absolute Gasteiger partial charge is 0.493 e. The highest BCUT2D eigenvalue weighted by atomic mass is 16.5. The molecule has 8 nitrogen and oxygen atoms in total. The second-order valence-electron chi connectivity index (χ2n) is 6.34. The molecule has 0 radical (unpaired) electrons. The summed E-state index contributed by atoms with van der Waals surface area (Å²) in [4.78, 5) is 14.9. The maximum atomic E-state index is 13.2. The molecule has 1 heterocycles. The van der Waals surface area contributed by atoms with Gasteiger partial charge < -0.3 is 14.4 Å². The van der Waals surface area contributed by atoms with Crippen LogP contribution in [0, 0.1) is 0 Å². The smallest absolute Gasteiger partial charge is 0.247 e. The van der Waals surface area contributed by atoms with Gasteiger partial charge in [-0.25, -0.2) is 4.68 Å². The molecule has 0 N–H and O–H groups in total. The fourth-order valence-corrected chi connectivity index (χ4v) is 3.11. The third-order valence-electron chi connectivity index (χ3n) is 4.51. The molecular formula is C20H23N5O3. The molecule has 146 valence electrons. The lowest BCUT2D eigenvalue weighted by Gasteiger charge is -2.24. The van der Waals surface area contributed by atoms with Crippen LogP contribution in [0.15, 0.2) is 54.9 Å². The van der Waals surface area contributed by atoms with Crippen LogP contribution in [0.4, 0.5) is 0 Å². The highest BCUT2D eigenvalue weighted by molar-refractivity contribution is 5.80. The van der Waals surface area contributed by atoms with Gasteiger partial charge in [-0.3, -0.25) is 4.79 Å². The van der Waals surface area contributed by atoms with Crippen molar-refractivity contribution in [3.63, 3.8) is 0 Å². The third kappa shape index (κ3) is 4.28. The molecule has 0 aliphatic carbocycles. The van der Waals surface area contributed by atoms with Crippen molar-refractivity contribution in [3.05, 3.63) is 66.0 Å². The number of tetrazole rings is 1. The lowest BCUT2D eigenvalue weighted by Crippen LogP contribution is -2.35. The first-order valence-electron chi connectivity index (χ1n) is 8.85. The predicted molar refractivity (Wildman–Crippen MR) is 103 cm³/mol. The summed E-state index contributed by atoms with van der Waals surface area (Å²) < 4.78 is 12.3. The Morgan fingerprint density at radius 3 is 2.54 bits per heavy atom. The number of carbonyl (C=O) groups excluding carboxylic acids is 1. The number of nitrogens with zero attached hydrogens (tertiary/aromatic N) is 5. The first kappa shape index (κ1) is 19.3. The quantitative estimate of drug-likeness (QED) is 0.595. The summed E-state index contributed by atoms with van der Waals surface area (Å²) in [5, 5.41) is 11.3. The van der Waals surface area contributed by atoms with Crippen molar-refractivity contribution >= 4 is 5.91 Å². The van der Waals surface area contributed by atoms with E-state index in [2.05, 4.69) is 15.5 Å². The topological polar surface area (TPSA) is 82.4 Å². The van der Waals surface area contributed by atoms with Crippen LogP contribution >= 0.6 is 0 Å². The van der Waals surface area contributed by atoms with Gasteiger partial charge in [0.1, 0.15) is 12.4 Å². The predicted octanol–water partition coefficient (Wildman–Crippen LogP) is 2.13. The number of rotatable bonds is 8. The zero-order chi connectivity index (χ0) is 19.9. The number of aromatic nitrogens is 4. The average molecular weight is 381 g/mol. The Balaban J connectivity index is 1.83. The molecule has 2 aromatic carbocycles. The van der Waals surface area contributed by atoms with Crippen LogP contribution in [0.3, 0.4) is 0 Å². The molecule has 8 heteroatoms. The molecule has 0 spiro atoms. The Morgan fingerprint density at radius 2 is 1.89 bits per heavy atom. The number of likely N-dealkylation sites (N-methyl/N-ethyl adjacent to an activating group) is 1. The monoisotopic (exact) mass is 381 g/mol. The molecular weight excluding hydrogens is 358 g/mol. The maximum Gasteiger partial charge on any atom is 0.247 e. The second-order valence-corrected chi connectivity index (χ2v) is 6.34. The van der Waals surface area contributed by atoms with Gasteiger partial charge in [-0.2, -0.15) is 0 Å². The Hall–Kier alpha value is -3.42. The molecule has 0 bridgehead atoms. The zero-order valence-corrected chi connectivity index (χ0v) is 16.1. The third-order valence-corrected chi connectivity index (χ3v) is 4.51. The number of carbonyl (C=O) groups is 1. The minimum Gasteiger partial charge on any atom is -0.493 e. The minimum atomic E-state index is -0.543. The van der Waals surface area contributed by atoms with Crippen LogP contribution in [0.1, 0.15) is 17.2 Å². The van der Waals surface area contributed by atoms with Crippen molar-refractivity contribution in [2.24, 2.45) is 0 Å². The number of hydrogen-bond acceptors (Lipinski definition) is 6. The molecule has 28 heavy (non-hydrogen) atoms. The highest BCUT2D eigenvalue weighted by Gasteiger charge is 2.26. The van der Waals surface area contributed by atoms with E-state index in [1.54, 1.807) is 26.2 Å². The maximum absolute atomic E-state index is 13.2. The van der Waals surface area contributed by atoms with E-state index in [1.165, 1.54) is 11.0 Å². The molecule has 0 saturated carbocycles. The van der Waals surface area contributed by atoms with E-state index in [9.17, 15) is 4.79 Å². The highest BCUT2D eigenvalue weighted by Crippen LogP contribution is 2.31. The van der Waals surface area contributed by atoms with Crippen LogP contribution in [-0.4, -0.2) is 52.3 Å². The van der Waals surface area contributed by atoms with Crippen LogP contribution in [-0.2, 0) is 17.8 Å². The molecule has 1 atom stereocenters. The molecule has 0 aliphatic heterocycles. The number of benzene rings is 2. The average Bonchev–Trinajstić information content (AvgIpc) is 3.26. The summed E-state index contributed by atoms with van der Waals surface area (Å²) in [5.41, 5.74) is 1.89. The van der Waals surface area contributed by atoms with E-state index < -0.39 is 6.04 Å². The van der Waals surface area contributed by atoms with E-state index in [-0.39, 0.29) is 5.91 Å². The van der Waals surface area contributed by atoms with E-state index in [0.29, 0.717) is 24.5 Å². The van der Waals surface area contributed by atoms with Gasteiger partial charge in [-0.1, -0.05) is 42.5 Å². The Labute approximate surface area is 163 Å². The van der Waals surface area contributed by atoms with E-state index >= 15 is 0 Å². The van der Waals surface area contributed by atoms with Crippen LogP contribution in [0.2, 0.25) is 0 Å². The van der Waals surface area contributed by atoms with Crippen molar-refractivity contribution in [2.45, 2.75) is 19.0 Å².